The smallest absolute Gasteiger partial charge is 0.240 e. The maximum atomic E-state index is 12.4. The molecule has 0 bridgehead atoms. The van der Waals surface area contributed by atoms with E-state index in [1.165, 1.54) is 11.3 Å². The Balaban J connectivity index is 1.65. The molecule has 1 aliphatic rings. The summed E-state index contributed by atoms with van der Waals surface area (Å²) < 4.78 is 1.08. The van der Waals surface area contributed by atoms with Crippen molar-refractivity contribution in [2.45, 2.75) is 31.4 Å². The van der Waals surface area contributed by atoms with Gasteiger partial charge >= 0.3 is 0 Å². The molecule has 2 unspecified atom stereocenters. The number of aromatic nitrogens is 1. The normalized spacial score (nSPS) is 21.5. The molecule has 1 saturated heterocycles. The van der Waals surface area contributed by atoms with Crippen LogP contribution < -0.4 is 5.73 Å². The number of nitrogens with two attached hydrogens (primary N) is 1. The van der Waals surface area contributed by atoms with Crippen LogP contribution in [0.1, 0.15) is 17.8 Å². The number of para-hydroxylation sites is 1. The highest BCUT2D eigenvalue weighted by atomic mass is 32.1. The summed E-state index contributed by atoms with van der Waals surface area (Å²) in [5.41, 5.74) is 6.27. The van der Waals surface area contributed by atoms with E-state index in [4.69, 9.17) is 5.73 Å². The van der Waals surface area contributed by atoms with Crippen LogP contribution in [0.25, 0.3) is 10.2 Å². The molecular formula is C16H18N3O3S. The quantitative estimate of drug-likeness (QED) is 0.868. The van der Waals surface area contributed by atoms with Crippen molar-refractivity contribution in [2.24, 2.45) is 5.73 Å². The average Bonchev–Trinajstić information content (AvgIpc) is 2.95. The van der Waals surface area contributed by atoms with Crippen LogP contribution >= 0.6 is 11.3 Å². The summed E-state index contributed by atoms with van der Waals surface area (Å²) in [5.74, 6) is -0.814. The van der Waals surface area contributed by atoms with E-state index in [0.717, 1.165) is 15.2 Å². The largest absolute Gasteiger partial charge is 0.393 e. The van der Waals surface area contributed by atoms with E-state index in [1.54, 1.807) is 11.3 Å². The molecule has 1 aliphatic heterocycles. The Hall–Kier alpha value is -1.99. The third-order valence-corrected chi connectivity index (χ3v) is 5.03. The first-order chi connectivity index (χ1) is 11.0. The number of thiazole rings is 1. The Labute approximate surface area is 137 Å². The maximum absolute atomic E-state index is 12.4. The molecule has 1 aromatic heterocycles. The summed E-state index contributed by atoms with van der Waals surface area (Å²) in [7, 11) is 0. The third-order valence-electron chi connectivity index (χ3n) is 3.98. The molecule has 2 atom stereocenters. The maximum Gasteiger partial charge on any atom is 0.240 e. The molecule has 2 amide bonds. The van der Waals surface area contributed by atoms with Crippen molar-refractivity contribution in [3.8, 4) is 0 Å². The van der Waals surface area contributed by atoms with Gasteiger partial charge in [0.25, 0.3) is 0 Å². The van der Waals surface area contributed by atoms with Crippen molar-refractivity contribution in [2.75, 3.05) is 6.54 Å². The van der Waals surface area contributed by atoms with Gasteiger partial charge in [-0.15, -0.1) is 11.3 Å². The number of likely N-dealkylation sites (tertiary alicyclic amines) is 1. The Kier molecular flexibility index (Phi) is 4.58. The molecular weight excluding hydrogens is 314 g/mol. The number of piperidine rings is 1. The van der Waals surface area contributed by atoms with Gasteiger partial charge in [-0.2, -0.15) is 0 Å². The van der Waals surface area contributed by atoms with Gasteiger partial charge in [-0.05, 0) is 18.6 Å². The fourth-order valence-corrected chi connectivity index (χ4v) is 3.71. The van der Waals surface area contributed by atoms with Crippen molar-refractivity contribution < 1.29 is 14.7 Å². The zero-order chi connectivity index (χ0) is 16.4. The van der Waals surface area contributed by atoms with Crippen molar-refractivity contribution in [3.05, 3.63) is 35.7 Å². The first-order valence-electron chi connectivity index (χ1n) is 7.50. The van der Waals surface area contributed by atoms with Gasteiger partial charge in [0.2, 0.25) is 11.8 Å². The molecule has 7 heteroatoms. The monoisotopic (exact) mass is 332 g/mol. The fourth-order valence-electron chi connectivity index (χ4n) is 2.78. The van der Waals surface area contributed by atoms with E-state index in [-0.39, 0.29) is 12.3 Å². The number of hydrogen-bond acceptors (Lipinski definition) is 5. The summed E-state index contributed by atoms with van der Waals surface area (Å²) in [5, 5.41) is 10.5. The molecule has 3 rings (SSSR count). The van der Waals surface area contributed by atoms with E-state index in [0.29, 0.717) is 19.4 Å². The number of aliphatic hydroxyl groups excluding tert-OH is 1. The van der Waals surface area contributed by atoms with Gasteiger partial charge in [0, 0.05) is 19.4 Å². The van der Waals surface area contributed by atoms with Crippen molar-refractivity contribution in [1.82, 2.24) is 9.88 Å². The lowest BCUT2D eigenvalue weighted by atomic mass is 9.98. The number of primary amides is 1. The van der Waals surface area contributed by atoms with Crippen LogP contribution in [0.3, 0.4) is 0 Å². The fraction of sp³-hybridized carbons (Fsp3) is 0.375. The number of carbonyl (C=O) groups excluding carboxylic acids is 2. The van der Waals surface area contributed by atoms with Crippen LogP contribution in [-0.4, -0.2) is 45.5 Å². The number of carbonyl (C=O) groups is 2. The number of rotatable bonds is 4. The molecule has 1 fully saturated rings. The van der Waals surface area contributed by atoms with E-state index in [1.807, 2.05) is 24.3 Å². The minimum Gasteiger partial charge on any atom is -0.393 e. The van der Waals surface area contributed by atoms with Gasteiger partial charge in [0.05, 0.1) is 27.7 Å². The predicted octanol–water partition coefficient (Wildman–Crippen LogP) is 0.880. The Bertz CT molecular complexity index is 697. The molecule has 121 valence electrons. The highest BCUT2D eigenvalue weighted by Crippen LogP contribution is 2.23. The number of benzene rings is 1. The van der Waals surface area contributed by atoms with Crippen molar-refractivity contribution in [3.63, 3.8) is 0 Å². The van der Waals surface area contributed by atoms with Gasteiger partial charge in [-0.25, -0.2) is 4.98 Å². The van der Waals surface area contributed by atoms with Crippen LogP contribution in [0.5, 0.6) is 0 Å². The topological polar surface area (TPSA) is 96.5 Å². The summed E-state index contributed by atoms with van der Waals surface area (Å²) in [6.07, 6.45) is 2.04. The number of hydrogen-bond donors (Lipinski definition) is 2. The zero-order valence-corrected chi connectivity index (χ0v) is 13.3. The molecule has 1 radical (unpaired) electrons. The standard InChI is InChI=1S/C16H18N3O3S/c17-16(22)12-9-10(20)7-8-19(12)15(21)6-5-14-18-11-3-1-2-4-13(11)23-14/h1-4,6,10,12,20H,5,7-9H2,(H2,17,22). The van der Waals surface area contributed by atoms with E-state index in [9.17, 15) is 14.7 Å². The van der Waals surface area contributed by atoms with Gasteiger partial charge < -0.3 is 15.7 Å². The molecule has 3 N–H and O–H groups in total. The minimum atomic E-state index is -0.738. The van der Waals surface area contributed by atoms with Crippen molar-refractivity contribution >= 4 is 33.4 Å². The second kappa shape index (κ2) is 6.64. The van der Waals surface area contributed by atoms with Gasteiger partial charge in [0.1, 0.15) is 6.04 Å². The minimum absolute atomic E-state index is 0.204. The zero-order valence-electron chi connectivity index (χ0n) is 12.5. The van der Waals surface area contributed by atoms with Gasteiger partial charge in [-0.3, -0.25) is 9.59 Å². The first kappa shape index (κ1) is 15.9. The van der Waals surface area contributed by atoms with Gasteiger partial charge in [0.15, 0.2) is 0 Å². The average molecular weight is 332 g/mol. The van der Waals surface area contributed by atoms with Crippen molar-refractivity contribution in [1.29, 1.82) is 0 Å². The van der Waals surface area contributed by atoms with Crippen LogP contribution in [0.2, 0.25) is 0 Å². The van der Waals surface area contributed by atoms with Crippen LogP contribution in [0.15, 0.2) is 24.3 Å². The predicted molar refractivity (Wildman–Crippen MR) is 87.6 cm³/mol. The number of aliphatic hydroxyl groups is 1. The molecule has 6 nitrogen and oxygen atoms in total. The molecule has 2 aromatic rings. The van der Waals surface area contributed by atoms with E-state index >= 15 is 0 Å². The molecule has 0 aliphatic carbocycles. The van der Waals surface area contributed by atoms with Crippen LogP contribution in [0, 0.1) is 6.42 Å². The van der Waals surface area contributed by atoms with Gasteiger partial charge in [-0.1, -0.05) is 12.1 Å². The molecule has 0 saturated carbocycles. The Morgan fingerprint density at radius 3 is 2.96 bits per heavy atom. The number of amides is 2. The number of fused-ring (bicyclic) bond motifs is 1. The molecule has 23 heavy (non-hydrogen) atoms. The first-order valence-corrected chi connectivity index (χ1v) is 8.32. The van der Waals surface area contributed by atoms with Crippen LogP contribution in [0.4, 0.5) is 0 Å². The highest BCUT2D eigenvalue weighted by molar-refractivity contribution is 7.18. The van der Waals surface area contributed by atoms with Crippen LogP contribution in [-0.2, 0) is 16.0 Å². The lowest BCUT2D eigenvalue weighted by molar-refractivity contribution is -0.140. The lowest BCUT2D eigenvalue weighted by Gasteiger charge is -2.35. The molecule has 0 spiro atoms. The lowest BCUT2D eigenvalue weighted by Crippen LogP contribution is -2.53. The molecule has 1 aromatic carbocycles. The Morgan fingerprint density at radius 2 is 2.22 bits per heavy atom. The second-order valence-electron chi connectivity index (χ2n) is 5.61. The highest BCUT2D eigenvalue weighted by Gasteiger charge is 2.34. The summed E-state index contributed by atoms with van der Waals surface area (Å²) in [6.45, 7) is 0.337. The SMILES string of the molecule is NC(=O)C1CC(O)CCN1C(=O)[CH]Cc1nc2ccccc2s1. The third kappa shape index (κ3) is 3.51. The Morgan fingerprint density at radius 1 is 1.43 bits per heavy atom. The summed E-state index contributed by atoms with van der Waals surface area (Å²) in [4.78, 5) is 29.8. The summed E-state index contributed by atoms with van der Waals surface area (Å²) in [6, 6.07) is 7.07. The molecule has 2 heterocycles. The van der Waals surface area contributed by atoms with E-state index < -0.39 is 18.1 Å². The summed E-state index contributed by atoms with van der Waals surface area (Å²) >= 11 is 1.55. The second-order valence-corrected chi connectivity index (χ2v) is 6.73. The number of nitrogens with zero attached hydrogens (tertiary/aromatic N) is 2. The van der Waals surface area contributed by atoms with E-state index in [2.05, 4.69) is 4.98 Å².